The van der Waals surface area contributed by atoms with E-state index in [-0.39, 0.29) is 11.1 Å². The van der Waals surface area contributed by atoms with Crippen LogP contribution < -0.4 is 19.4 Å². The van der Waals surface area contributed by atoms with Crippen LogP contribution in [0.4, 0.5) is 11.4 Å². The van der Waals surface area contributed by atoms with Crippen LogP contribution in [0.3, 0.4) is 0 Å². The lowest BCUT2D eigenvalue weighted by atomic mass is 10.1. The summed E-state index contributed by atoms with van der Waals surface area (Å²) in [5.41, 5.74) is 3.06. The Morgan fingerprint density at radius 1 is 0.500 bits per heavy atom. The van der Waals surface area contributed by atoms with Crippen LogP contribution >= 0.6 is 0 Å². The van der Waals surface area contributed by atoms with Crippen molar-refractivity contribution in [2.75, 3.05) is 9.96 Å². The zero-order valence-electron chi connectivity index (χ0n) is 20.3. The highest BCUT2D eigenvalue weighted by Gasteiger charge is 2.08. The molecule has 0 fully saturated rings. The Morgan fingerprint density at radius 3 is 1.18 bits per heavy atom. The van der Waals surface area contributed by atoms with Gasteiger partial charge in [-0.1, -0.05) is 0 Å². The largest absolute Gasteiger partial charge is 0.457 e. The zero-order valence-corrected chi connectivity index (χ0v) is 21.4. The average Bonchev–Trinajstić information content (AvgIpc) is 2.95. The maximum atomic E-state index is 9.18. The van der Waals surface area contributed by atoms with Gasteiger partial charge in [0, 0.05) is 11.4 Å². The molecule has 9 heteroatoms. The summed E-state index contributed by atoms with van der Waals surface area (Å²) in [6.45, 7) is 2.12. The Labute approximate surface area is 221 Å². The van der Waals surface area contributed by atoms with E-state index >= 15 is 0 Å². The third-order valence-electron chi connectivity index (χ3n) is 5.41. The first-order chi connectivity index (χ1) is 18.5. The van der Waals surface area contributed by atoms with Crippen molar-refractivity contribution in [2.45, 2.75) is 6.55 Å². The second-order valence-corrected chi connectivity index (χ2v) is 10.1. The SMILES string of the molecule is C[SiH](Nc1ccc(Oc2ccc(C#N)c(C#N)c2)cc1)Nc1ccc(Oc2ccc(C#N)c(C#N)c2)cc1. The molecule has 182 valence electrons. The van der Waals surface area contributed by atoms with Crippen molar-refractivity contribution in [1.82, 2.24) is 0 Å². The predicted octanol–water partition coefficient (Wildman–Crippen LogP) is 6.13. The molecule has 0 amide bonds. The molecule has 0 radical (unpaired) electrons. The molecule has 0 aliphatic heterocycles. The van der Waals surface area contributed by atoms with Crippen LogP contribution in [0.1, 0.15) is 22.3 Å². The molecule has 0 aliphatic carbocycles. The maximum Gasteiger partial charge on any atom is 0.239 e. The Bertz CT molecular complexity index is 1500. The van der Waals surface area contributed by atoms with Crippen molar-refractivity contribution in [2.24, 2.45) is 0 Å². The molecule has 0 heterocycles. The molecular formula is C29H20N6O2Si. The average molecular weight is 513 g/mol. The third kappa shape index (κ3) is 6.27. The second-order valence-electron chi connectivity index (χ2n) is 8.13. The van der Waals surface area contributed by atoms with Crippen LogP contribution in [0.5, 0.6) is 23.0 Å². The molecule has 4 rings (SSSR count). The van der Waals surface area contributed by atoms with E-state index in [9.17, 15) is 10.5 Å². The molecule has 0 saturated carbocycles. The lowest BCUT2D eigenvalue weighted by Crippen LogP contribution is -2.30. The number of nitrogens with one attached hydrogen (secondary N) is 2. The Morgan fingerprint density at radius 2 is 0.842 bits per heavy atom. The Hall–Kier alpha value is -5.74. The summed E-state index contributed by atoms with van der Waals surface area (Å²) in [6, 6.07) is 32.5. The van der Waals surface area contributed by atoms with Crippen LogP contribution in [0, 0.1) is 45.3 Å². The van der Waals surface area contributed by atoms with Crippen molar-refractivity contribution >= 4 is 20.5 Å². The molecule has 0 unspecified atom stereocenters. The van der Waals surface area contributed by atoms with Gasteiger partial charge in [0.1, 0.15) is 47.3 Å². The van der Waals surface area contributed by atoms with E-state index in [1.54, 1.807) is 36.4 Å². The van der Waals surface area contributed by atoms with Crippen LogP contribution in [-0.4, -0.2) is 9.12 Å². The minimum atomic E-state index is -1.58. The first-order valence-corrected chi connectivity index (χ1v) is 13.8. The number of anilines is 2. The van der Waals surface area contributed by atoms with Crippen molar-refractivity contribution < 1.29 is 9.47 Å². The number of hydrogen-bond donors (Lipinski definition) is 2. The lowest BCUT2D eigenvalue weighted by molar-refractivity contribution is 0.482. The highest BCUT2D eigenvalue weighted by atomic mass is 28.3. The molecule has 0 atom stereocenters. The van der Waals surface area contributed by atoms with Gasteiger partial charge in [-0.25, -0.2) is 0 Å². The first kappa shape index (κ1) is 25.4. The van der Waals surface area contributed by atoms with Gasteiger partial charge in [-0.05, 0) is 91.5 Å². The normalized spacial score (nSPS) is 9.84. The molecule has 0 aliphatic rings. The standard InChI is InChI=1S/C29H20N6O2Si/c1-38(34-24-4-10-26(11-5-24)36-28-8-2-20(16-30)22(14-28)18-32)35-25-6-12-27(13-7-25)37-29-9-3-21(17-31)23(15-29)19-33/h2-15,34-35,38H,1H3. The summed E-state index contributed by atoms with van der Waals surface area (Å²) >= 11 is 0. The summed E-state index contributed by atoms with van der Waals surface area (Å²) in [5, 5.41) is 36.5. The fraction of sp³-hybridized carbons (Fsp3) is 0.0345. The molecule has 8 nitrogen and oxygen atoms in total. The van der Waals surface area contributed by atoms with E-state index in [2.05, 4.69) is 16.5 Å². The van der Waals surface area contributed by atoms with Crippen LogP contribution in [0.25, 0.3) is 0 Å². The molecule has 0 spiro atoms. The van der Waals surface area contributed by atoms with Gasteiger partial charge in [-0.15, -0.1) is 0 Å². The summed E-state index contributed by atoms with van der Waals surface area (Å²) in [5.74, 6) is 2.21. The summed E-state index contributed by atoms with van der Waals surface area (Å²) in [6.07, 6.45) is 0. The van der Waals surface area contributed by atoms with E-state index < -0.39 is 9.12 Å². The van der Waals surface area contributed by atoms with Crippen molar-refractivity contribution in [3.8, 4) is 47.3 Å². The van der Waals surface area contributed by atoms with Gasteiger partial charge >= 0.3 is 0 Å². The zero-order chi connectivity index (χ0) is 26.9. The summed E-state index contributed by atoms with van der Waals surface area (Å²) < 4.78 is 11.6. The number of nitrogens with zero attached hydrogens (tertiary/aromatic N) is 4. The minimum Gasteiger partial charge on any atom is -0.457 e. The number of rotatable bonds is 8. The number of hydrogen-bond acceptors (Lipinski definition) is 8. The monoisotopic (exact) mass is 512 g/mol. The van der Waals surface area contributed by atoms with E-state index in [0.29, 0.717) is 34.1 Å². The van der Waals surface area contributed by atoms with Crippen LogP contribution in [0.15, 0.2) is 84.9 Å². The molecule has 4 aromatic rings. The maximum absolute atomic E-state index is 9.18. The fourth-order valence-electron chi connectivity index (χ4n) is 3.60. The van der Waals surface area contributed by atoms with E-state index in [1.807, 2.05) is 72.8 Å². The topological polar surface area (TPSA) is 138 Å². The van der Waals surface area contributed by atoms with Crippen LogP contribution in [-0.2, 0) is 0 Å². The van der Waals surface area contributed by atoms with Gasteiger partial charge < -0.3 is 19.4 Å². The molecule has 0 aromatic heterocycles. The molecule has 38 heavy (non-hydrogen) atoms. The van der Waals surface area contributed by atoms with Gasteiger partial charge in [0.2, 0.25) is 9.12 Å². The van der Waals surface area contributed by atoms with E-state index in [0.717, 1.165) is 11.4 Å². The first-order valence-electron chi connectivity index (χ1n) is 11.5. The second kappa shape index (κ2) is 11.8. The highest BCUT2D eigenvalue weighted by molar-refractivity contribution is 6.64. The van der Waals surface area contributed by atoms with Crippen molar-refractivity contribution in [3.63, 3.8) is 0 Å². The van der Waals surface area contributed by atoms with Gasteiger partial charge in [0.25, 0.3) is 0 Å². The predicted molar refractivity (Wildman–Crippen MR) is 145 cm³/mol. The van der Waals surface area contributed by atoms with Gasteiger partial charge in [-0.2, -0.15) is 21.0 Å². The molecule has 0 saturated heterocycles. The van der Waals surface area contributed by atoms with E-state index in [1.165, 1.54) is 0 Å². The molecule has 4 aromatic carbocycles. The van der Waals surface area contributed by atoms with Crippen molar-refractivity contribution in [1.29, 1.82) is 21.0 Å². The lowest BCUT2D eigenvalue weighted by Gasteiger charge is -2.17. The Kier molecular flexibility index (Phi) is 7.87. The van der Waals surface area contributed by atoms with Gasteiger partial charge in [0.05, 0.1) is 22.3 Å². The molecular weight excluding hydrogens is 492 g/mol. The minimum absolute atomic E-state index is 0.274. The van der Waals surface area contributed by atoms with Gasteiger partial charge in [0.15, 0.2) is 0 Å². The number of benzene rings is 4. The summed E-state index contributed by atoms with van der Waals surface area (Å²) in [4.78, 5) is 7.00. The molecule has 2 N–H and O–H groups in total. The fourth-order valence-corrected chi connectivity index (χ4v) is 5.06. The summed E-state index contributed by atoms with van der Waals surface area (Å²) in [7, 11) is -1.58. The van der Waals surface area contributed by atoms with Crippen molar-refractivity contribution in [3.05, 3.63) is 107 Å². The number of nitriles is 4. The Balaban J connectivity index is 1.32. The van der Waals surface area contributed by atoms with Gasteiger partial charge in [-0.3, -0.25) is 0 Å². The third-order valence-corrected chi connectivity index (χ3v) is 6.94. The van der Waals surface area contributed by atoms with E-state index in [4.69, 9.17) is 20.0 Å². The molecule has 0 bridgehead atoms. The number of ether oxygens (including phenoxy) is 2. The highest BCUT2D eigenvalue weighted by Crippen LogP contribution is 2.27. The quantitative estimate of drug-likeness (QED) is 0.269. The van der Waals surface area contributed by atoms with Crippen LogP contribution in [0.2, 0.25) is 6.55 Å². The smallest absolute Gasteiger partial charge is 0.239 e.